The number of hydrogen-bond donors (Lipinski definition) is 0. The zero-order chi connectivity index (χ0) is 36.5. The molecule has 11 rings (SSSR count). The number of aromatic nitrogens is 2. The molecule has 0 saturated carbocycles. The van der Waals surface area contributed by atoms with Gasteiger partial charge in [0.25, 0.3) is 0 Å². The van der Waals surface area contributed by atoms with Crippen LogP contribution in [0.25, 0.3) is 88.9 Å². The molecule has 0 radical (unpaired) electrons. The molecule has 0 bridgehead atoms. The minimum Gasteiger partial charge on any atom is -0.456 e. The Morgan fingerprint density at radius 3 is 1.91 bits per heavy atom. The van der Waals surface area contributed by atoms with Gasteiger partial charge in [-0.2, -0.15) is 0 Å². The Bertz CT molecular complexity index is 3110. The van der Waals surface area contributed by atoms with E-state index in [0.717, 1.165) is 66.5 Å². The van der Waals surface area contributed by atoms with Crippen LogP contribution in [0.15, 0.2) is 192 Å². The quantitative estimate of drug-likeness (QED) is 0.179. The van der Waals surface area contributed by atoms with Gasteiger partial charge in [-0.15, -0.1) is 0 Å². The molecule has 1 atom stereocenters. The standard InChI is InChI=1S/C52H34N2O/c1-52(40-13-3-2-4-14-40)45-17-9-7-15-41(45)43-31-38(25-27-46(43)52)48-32-47(53-51(54-48)39-24-21-33-11-5-6-12-36(33)29-39)35-22-19-34(20-23-35)37-26-28-50-44(30-37)42-16-8-10-18-49(42)55-50/h2-32H,1H3. The molecule has 0 N–H and O–H groups in total. The first-order chi connectivity index (χ1) is 27.1. The lowest BCUT2D eigenvalue weighted by Gasteiger charge is -2.28. The second kappa shape index (κ2) is 12.2. The van der Waals surface area contributed by atoms with Gasteiger partial charge < -0.3 is 4.42 Å². The van der Waals surface area contributed by atoms with Gasteiger partial charge in [0.2, 0.25) is 0 Å². The monoisotopic (exact) mass is 702 g/mol. The first-order valence-corrected chi connectivity index (χ1v) is 18.8. The molecule has 0 fully saturated rings. The summed E-state index contributed by atoms with van der Waals surface area (Å²) in [6, 6.07) is 67.0. The van der Waals surface area contributed by atoms with E-state index >= 15 is 0 Å². The van der Waals surface area contributed by atoms with E-state index in [9.17, 15) is 0 Å². The van der Waals surface area contributed by atoms with E-state index < -0.39 is 0 Å². The minimum atomic E-state index is -0.254. The Morgan fingerprint density at radius 1 is 0.400 bits per heavy atom. The van der Waals surface area contributed by atoms with E-state index in [0.29, 0.717) is 5.82 Å². The molecule has 258 valence electrons. The summed E-state index contributed by atoms with van der Waals surface area (Å²) in [5, 5.41) is 4.61. The summed E-state index contributed by atoms with van der Waals surface area (Å²) in [5.74, 6) is 0.703. The maximum Gasteiger partial charge on any atom is 0.160 e. The lowest BCUT2D eigenvalue weighted by Crippen LogP contribution is -2.22. The molecule has 1 aliphatic carbocycles. The third-order valence-electron chi connectivity index (χ3n) is 11.6. The summed E-state index contributed by atoms with van der Waals surface area (Å²) in [6.07, 6.45) is 0. The maximum atomic E-state index is 6.10. The van der Waals surface area contributed by atoms with Crippen molar-refractivity contribution in [3.63, 3.8) is 0 Å². The zero-order valence-electron chi connectivity index (χ0n) is 30.2. The second-order valence-corrected chi connectivity index (χ2v) is 14.7. The van der Waals surface area contributed by atoms with Crippen LogP contribution in [0.5, 0.6) is 0 Å². The molecular weight excluding hydrogens is 669 g/mol. The number of furan rings is 1. The minimum absolute atomic E-state index is 0.254. The van der Waals surface area contributed by atoms with Crippen LogP contribution in [0.4, 0.5) is 0 Å². The van der Waals surface area contributed by atoms with Gasteiger partial charge in [-0.05, 0) is 93.0 Å². The fraction of sp³-hybridized carbons (Fsp3) is 0.0385. The lowest BCUT2D eigenvalue weighted by atomic mass is 9.74. The molecule has 0 amide bonds. The van der Waals surface area contributed by atoms with E-state index in [1.807, 2.05) is 12.1 Å². The number of benzene rings is 8. The fourth-order valence-electron chi connectivity index (χ4n) is 8.68. The molecule has 0 saturated heterocycles. The summed E-state index contributed by atoms with van der Waals surface area (Å²) in [7, 11) is 0. The van der Waals surface area contributed by atoms with Crippen molar-refractivity contribution in [3.8, 4) is 56.2 Å². The summed E-state index contributed by atoms with van der Waals surface area (Å²) in [5.41, 5.74) is 15.1. The Labute approximate surface area is 319 Å². The van der Waals surface area contributed by atoms with Gasteiger partial charge in [-0.3, -0.25) is 0 Å². The van der Waals surface area contributed by atoms with Crippen LogP contribution in [0.3, 0.4) is 0 Å². The predicted molar refractivity (Wildman–Crippen MR) is 226 cm³/mol. The van der Waals surface area contributed by atoms with Crippen molar-refractivity contribution in [2.24, 2.45) is 0 Å². The van der Waals surface area contributed by atoms with Crippen molar-refractivity contribution in [1.82, 2.24) is 9.97 Å². The predicted octanol–water partition coefficient (Wildman–Crippen LogP) is 13.5. The molecule has 8 aromatic carbocycles. The third-order valence-corrected chi connectivity index (χ3v) is 11.6. The second-order valence-electron chi connectivity index (χ2n) is 14.7. The molecule has 3 nitrogen and oxygen atoms in total. The highest BCUT2D eigenvalue weighted by atomic mass is 16.3. The van der Waals surface area contributed by atoms with E-state index in [-0.39, 0.29) is 5.41 Å². The molecule has 0 aliphatic heterocycles. The molecule has 0 spiro atoms. The maximum absolute atomic E-state index is 6.10. The van der Waals surface area contributed by atoms with Gasteiger partial charge in [0.05, 0.1) is 11.4 Å². The average Bonchev–Trinajstić information content (AvgIpc) is 3.76. The Kier molecular flexibility index (Phi) is 6.99. The largest absolute Gasteiger partial charge is 0.456 e. The van der Waals surface area contributed by atoms with Crippen LogP contribution in [0, 0.1) is 0 Å². The molecule has 55 heavy (non-hydrogen) atoms. The van der Waals surface area contributed by atoms with Crippen LogP contribution in [-0.2, 0) is 5.41 Å². The summed E-state index contributed by atoms with van der Waals surface area (Å²) in [4.78, 5) is 10.5. The fourth-order valence-corrected chi connectivity index (χ4v) is 8.68. The number of rotatable bonds is 5. The molecule has 2 aromatic heterocycles. The van der Waals surface area contributed by atoms with Gasteiger partial charge in [0.1, 0.15) is 11.2 Å². The summed E-state index contributed by atoms with van der Waals surface area (Å²) >= 11 is 0. The molecule has 10 aromatic rings. The number of hydrogen-bond acceptors (Lipinski definition) is 3. The van der Waals surface area contributed by atoms with E-state index in [1.54, 1.807) is 0 Å². The van der Waals surface area contributed by atoms with Crippen LogP contribution < -0.4 is 0 Å². The van der Waals surface area contributed by atoms with Gasteiger partial charge in [0.15, 0.2) is 5.82 Å². The van der Waals surface area contributed by atoms with Crippen molar-refractivity contribution >= 4 is 32.7 Å². The van der Waals surface area contributed by atoms with Gasteiger partial charge in [0, 0.05) is 32.9 Å². The van der Waals surface area contributed by atoms with Crippen LogP contribution in [0.2, 0.25) is 0 Å². The first-order valence-electron chi connectivity index (χ1n) is 18.8. The molecular formula is C52H34N2O. The van der Waals surface area contributed by atoms with Gasteiger partial charge in [-0.25, -0.2) is 9.97 Å². The van der Waals surface area contributed by atoms with Gasteiger partial charge >= 0.3 is 0 Å². The van der Waals surface area contributed by atoms with Crippen LogP contribution in [-0.4, -0.2) is 9.97 Å². The Morgan fingerprint density at radius 2 is 1.04 bits per heavy atom. The van der Waals surface area contributed by atoms with Crippen molar-refractivity contribution in [2.45, 2.75) is 12.3 Å². The first kappa shape index (κ1) is 31.4. The molecule has 1 aliphatic rings. The van der Waals surface area contributed by atoms with Gasteiger partial charge in [-0.1, -0.05) is 152 Å². The summed E-state index contributed by atoms with van der Waals surface area (Å²) in [6.45, 7) is 2.35. The molecule has 3 heteroatoms. The molecule has 2 heterocycles. The highest BCUT2D eigenvalue weighted by Crippen LogP contribution is 2.53. The van der Waals surface area contributed by atoms with Crippen molar-refractivity contribution in [1.29, 1.82) is 0 Å². The van der Waals surface area contributed by atoms with Crippen LogP contribution in [0.1, 0.15) is 23.6 Å². The average molecular weight is 703 g/mol. The number of para-hydroxylation sites is 1. The van der Waals surface area contributed by atoms with Crippen molar-refractivity contribution in [2.75, 3.05) is 0 Å². The van der Waals surface area contributed by atoms with E-state index in [4.69, 9.17) is 14.4 Å². The topological polar surface area (TPSA) is 38.9 Å². The lowest BCUT2D eigenvalue weighted by molar-refractivity contribution is 0.669. The Balaban J connectivity index is 1.04. The smallest absolute Gasteiger partial charge is 0.160 e. The highest BCUT2D eigenvalue weighted by molar-refractivity contribution is 6.06. The number of nitrogens with zero attached hydrogens (tertiary/aromatic N) is 2. The third kappa shape index (κ3) is 5.04. The highest BCUT2D eigenvalue weighted by Gasteiger charge is 2.40. The van der Waals surface area contributed by atoms with Crippen molar-refractivity contribution in [3.05, 3.63) is 205 Å². The molecule has 1 unspecified atom stereocenters. The SMILES string of the molecule is CC1(c2ccccc2)c2ccccc2-c2cc(-c3cc(-c4ccc(-c5ccc6oc7ccccc7c6c5)cc4)nc(-c4ccc5ccccc5c4)n3)ccc21. The van der Waals surface area contributed by atoms with Crippen LogP contribution >= 0.6 is 0 Å². The van der Waals surface area contributed by atoms with E-state index in [2.05, 4.69) is 183 Å². The number of fused-ring (bicyclic) bond motifs is 7. The zero-order valence-corrected chi connectivity index (χ0v) is 30.2. The normalized spacial score (nSPS) is 14.7. The van der Waals surface area contributed by atoms with E-state index in [1.165, 1.54) is 33.2 Å². The summed E-state index contributed by atoms with van der Waals surface area (Å²) < 4.78 is 6.10. The Hall–Kier alpha value is -7.10. The van der Waals surface area contributed by atoms with Crippen molar-refractivity contribution < 1.29 is 4.42 Å².